The van der Waals surface area contributed by atoms with Crippen LogP contribution in [-0.2, 0) is 32.2 Å². The maximum atomic E-state index is 11.1. The summed E-state index contributed by atoms with van der Waals surface area (Å²) in [6, 6.07) is 9.74. The van der Waals surface area contributed by atoms with E-state index in [2.05, 4.69) is 15.5 Å². The Hall–Kier alpha value is -1.22. The number of fused-ring (bicyclic) bond motifs is 2. The maximum absolute atomic E-state index is 11.1. The number of halogens is 2. The van der Waals surface area contributed by atoms with E-state index in [1.807, 2.05) is 37.3 Å². The third kappa shape index (κ3) is 7.70. The second-order valence-electron chi connectivity index (χ2n) is 8.72. The molecule has 1 aromatic heterocycles. The van der Waals surface area contributed by atoms with Crippen molar-refractivity contribution in [2.24, 2.45) is 0 Å². The Morgan fingerprint density at radius 1 is 1.18 bits per heavy atom. The normalized spacial score (nSPS) is 15.5. The van der Waals surface area contributed by atoms with Crippen LogP contribution in [-0.4, -0.2) is 40.6 Å². The number of aromatic nitrogens is 1. The molecule has 0 saturated heterocycles. The first kappa shape index (κ1) is 29.8. The predicted octanol–water partition coefficient (Wildman–Crippen LogP) is 5.97. The van der Waals surface area contributed by atoms with Gasteiger partial charge in [0.05, 0.1) is 38.5 Å². The lowest BCUT2D eigenvalue weighted by Crippen LogP contribution is -2.35. The van der Waals surface area contributed by atoms with E-state index < -0.39 is 21.5 Å². The van der Waals surface area contributed by atoms with E-state index in [9.17, 15) is 17.2 Å². The molecular formula is C24H26Cl2N2O6S4. The Bertz CT molecular complexity index is 1490. The highest BCUT2D eigenvalue weighted by Gasteiger charge is 2.28. The monoisotopic (exact) mass is 636 g/mol. The maximum Gasteiger partial charge on any atom is 0.301 e. The summed E-state index contributed by atoms with van der Waals surface area (Å²) in [5, 5.41) is 3.25. The molecule has 1 unspecified atom stereocenters. The van der Waals surface area contributed by atoms with Crippen LogP contribution in [0.4, 0.5) is 5.69 Å². The highest BCUT2D eigenvalue weighted by atomic mass is 35.5. The van der Waals surface area contributed by atoms with E-state index in [1.165, 1.54) is 0 Å². The summed E-state index contributed by atoms with van der Waals surface area (Å²) in [4.78, 5) is 3.25. The molecule has 206 valence electrons. The summed E-state index contributed by atoms with van der Waals surface area (Å²) in [7, 11) is -4.26. The standard InChI is InChI=1S/C24H26Cl2N2O6S4/c1-16-12-22-20(14-18(16)26)28(9-3-5-11-38(31,32)33)24(36-22)15-23-27(8-2-4-10-34-37(29)30)19-13-17(25)6-7-21(19)35-23/h6-7,12-15H,2-5,8-11H2,1H3,(H-,29,30,31,32,33). The molecule has 0 fully saturated rings. The molecule has 8 nitrogen and oxygen atoms in total. The smallest absolute Gasteiger partial charge is 0.301 e. The number of hydrogen-bond donors (Lipinski definition) is 1. The quantitative estimate of drug-likeness (QED) is 0.112. The molecular weight excluding hydrogens is 611 g/mol. The van der Waals surface area contributed by atoms with Gasteiger partial charge in [-0.05, 0) is 56.0 Å². The average Bonchev–Trinajstić information content (AvgIpc) is 3.33. The lowest BCUT2D eigenvalue weighted by atomic mass is 10.2. The molecule has 0 bridgehead atoms. The van der Waals surface area contributed by atoms with Gasteiger partial charge in [-0.2, -0.15) is 8.78 Å². The van der Waals surface area contributed by atoms with Gasteiger partial charge in [0.15, 0.2) is 6.54 Å². The number of thioether (sulfide) groups is 1. The Kier molecular flexibility index (Phi) is 10.2. The van der Waals surface area contributed by atoms with Gasteiger partial charge in [-0.25, -0.2) is 8.42 Å². The van der Waals surface area contributed by atoms with Crippen molar-refractivity contribution in [3.63, 3.8) is 0 Å². The molecule has 1 aliphatic heterocycles. The Labute approximate surface area is 242 Å². The van der Waals surface area contributed by atoms with E-state index in [0.29, 0.717) is 36.0 Å². The molecule has 3 aromatic rings. The topological polar surface area (TPSA) is 111 Å². The number of unbranched alkanes of at least 4 members (excludes halogenated alkanes) is 2. The molecule has 38 heavy (non-hydrogen) atoms. The molecule has 0 aliphatic carbocycles. The summed E-state index contributed by atoms with van der Waals surface area (Å²) in [5.41, 5.74) is 2.91. The SMILES string of the molecule is Cc1cc2sc(C=C3Sc4ccc(Cl)cc4N3CCCCOS(=O)O)[n+](CCCCS(=O)(=O)[O-])c2cc1Cl. The summed E-state index contributed by atoms with van der Waals surface area (Å²) in [6.45, 7) is 3.33. The van der Waals surface area contributed by atoms with Crippen molar-refractivity contribution in [3.05, 3.63) is 56.0 Å². The van der Waals surface area contributed by atoms with Gasteiger partial charge >= 0.3 is 11.4 Å². The van der Waals surface area contributed by atoms with Gasteiger partial charge in [0.2, 0.25) is 5.52 Å². The third-order valence-electron chi connectivity index (χ3n) is 5.94. The first-order chi connectivity index (χ1) is 18.0. The summed E-state index contributed by atoms with van der Waals surface area (Å²) in [5.74, 6) is -0.390. The summed E-state index contributed by atoms with van der Waals surface area (Å²) in [6.07, 6.45) is 4.25. The molecule has 0 spiro atoms. The second-order valence-corrected chi connectivity index (χ2v) is 13.9. The second kappa shape index (κ2) is 13.0. The van der Waals surface area contributed by atoms with Crippen molar-refractivity contribution in [2.75, 3.05) is 23.8 Å². The van der Waals surface area contributed by atoms with E-state index in [-0.39, 0.29) is 18.8 Å². The highest BCUT2D eigenvalue weighted by molar-refractivity contribution is 8.03. The zero-order chi connectivity index (χ0) is 27.4. The largest absolute Gasteiger partial charge is 0.748 e. The molecule has 0 saturated carbocycles. The minimum atomic E-state index is -4.26. The molecule has 0 radical (unpaired) electrons. The van der Waals surface area contributed by atoms with Crippen LogP contribution in [0.5, 0.6) is 0 Å². The molecule has 4 rings (SSSR count). The fourth-order valence-electron chi connectivity index (χ4n) is 4.13. The molecule has 14 heteroatoms. The van der Waals surface area contributed by atoms with Gasteiger partial charge in [-0.1, -0.05) is 46.3 Å². The predicted molar refractivity (Wildman–Crippen MR) is 154 cm³/mol. The van der Waals surface area contributed by atoms with Crippen molar-refractivity contribution < 1.29 is 30.5 Å². The van der Waals surface area contributed by atoms with E-state index in [0.717, 1.165) is 42.8 Å². The van der Waals surface area contributed by atoms with Crippen LogP contribution in [0.3, 0.4) is 0 Å². The van der Waals surface area contributed by atoms with Crippen LogP contribution in [0.15, 0.2) is 40.3 Å². The zero-order valence-electron chi connectivity index (χ0n) is 20.4. The number of aryl methyl sites for hydroxylation is 2. The minimum Gasteiger partial charge on any atom is -0.748 e. The number of thiazole rings is 1. The number of nitrogens with zero attached hydrogens (tertiary/aromatic N) is 2. The molecule has 0 amide bonds. The van der Waals surface area contributed by atoms with Crippen molar-refractivity contribution in [1.29, 1.82) is 0 Å². The number of anilines is 1. The van der Waals surface area contributed by atoms with Crippen molar-refractivity contribution in [1.82, 2.24) is 0 Å². The minimum absolute atomic E-state index is 0.182. The van der Waals surface area contributed by atoms with E-state index in [1.54, 1.807) is 23.1 Å². The van der Waals surface area contributed by atoms with Gasteiger partial charge in [-0.15, -0.1) is 0 Å². The molecule has 1 aliphatic rings. The summed E-state index contributed by atoms with van der Waals surface area (Å²) < 4.78 is 60.7. The van der Waals surface area contributed by atoms with Crippen molar-refractivity contribution >= 4 is 89.8 Å². The van der Waals surface area contributed by atoms with E-state index in [4.69, 9.17) is 31.9 Å². The lowest BCUT2D eigenvalue weighted by Gasteiger charge is -2.20. The van der Waals surface area contributed by atoms with Gasteiger partial charge < -0.3 is 9.45 Å². The highest BCUT2D eigenvalue weighted by Crippen LogP contribution is 2.48. The van der Waals surface area contributed by atoms with Crippen molar-refractivity contribution in [2.45, 2.75) is 44.0 Å². The zero-order valence-corrected chi connectivity index (χ0v) is 25.2. The number of benzene rings is 2. The van der Waals surface area contributed by atoms with Crippen LogP contribution in [0.2, 0.25) is 10.0 Å². The van der Waals surface area contributed by atoms with Gasteiger partial charge in [-0.3, -0.25) is 8.74 Å². The van der Waals surface area contributed by atoms with Crippen LogP contribution < -0.4 is 9.47 Å². The van der Waals surface area contributed by atoms with E-state index >= 15 is 0 Å². The molecule has 2 heterocycles. The van der Waals surface area contributed by atoms with Crippen LogP contribution >= 0.6 is 46.3 Å². The molecule has 2 aromatic carbocycles. The first-order valence-corrected chi connectivity index (χ1v) is 16.8. The van der Waals surface area contributed by atoms with Crippen LogP contribution in [0, 0.1) is 6.92 Å². The Morgan fingerprint density at radius 3 is 2.71 bits per heavy atom. The fraction of sp³-hybridized carbons (Fsp3) is 0.375. The average molecular weight is 638 g/mol. The fourth-order valence-corrected chi connectivity index (χ4v) is 7.66. The van der Waals surface area contributed by atoms with Crippen LogP contribution in [0.25, 0.3) is 16.3 Å². The van der Waals surface area contributed by atoms with Gasteiger partial charge in [0.1, 0.15) is 4.70 Å². The van der Waals surface area contributed by atoms with Gasteiger partial charge in [0.25, 0.3) is 5.01 Å². The number of rotatable bonds is 12. The molecule has 1 N–H and O–H groups in total. The molecule has 1 atom stereocenters. The van der Waals surface area contributed by atoms with Crippen molar-refractivity contribution in [3.8, 4) is 0 Å². The van der Waals surface area contributed by atoms with Crippen LogP contribution in [0.1, 0.15) is 36.3 Å². The first-order valence-electron chi connectivity index (χ1n) is 11.8. The number of hydrogen-bond acceptors (Lipinski definition) is 8. The Balaban J connectivity index is 1.66. The Morgan fingerprint density at radius 2 is 1.97 bits per heavy atom. The van der Waals surface area contributed by atoms with Gasteiger partial charge in [0, 0.05) is 34.7 Å². The summed E-state index contributed by atoms with van der Waals surface area (Å²) >= 11 is 13.7. The lowest BCUT2D eigenvalue weighted by molar-refractivity contribution is -0.669. The third-order valence-corrected chi connectivity index (χ3v) is 9.94.